The van der Waals surface area contributed by atoms with Crippen molar-refractivity contribution in [2.75, 3.05) is 6.54 Å². The first-order chi connectivity index (χ1) is 13.6. The van der Waals surface area contributed by atoms with E-state index in [9.17, 15) is 14.4 Å². The Labute approximate surface area is 164 Å². The van der Waals surface area contributed by atoms with Crippen molar-refractivity contribution in [3.05, 3.63) is 60.1 Å². The van der Waals surface area contributed by atoms with Crippen molar-refractivity contribution in [2.24, 2.45) is 0 Å². The zero-order valence-electron chi connectivity index (χ0n) is 15.7. The van der Waals surface area contributed by atoms with Crippen molar-refractivity contribution in [3.63, 3.8) is 0 Å². The van der Waals surface area contributed by atoms with Gasteiger partial charge in [-0.15, -0.1) is 0 Å². The van der Waals surface area contributed by atoms with Crippen LogP contribution in [0, 0.1) is 0 Å². The Morgan fingerprint density at radius 1 is 0.964 bits per heavy atom. The molecule has 0 fully saturated rings. The molecule has 0 aliphatic heterocycles. The Bertz CT molecular complexity index is 743. The highest BCUT2D eigenvalue weighted by Gasteiger charge is 2.22. The lowest BCUT2D eigenvalue weighted by molar-refractivity contribution is -0.137. The number of aliphatic carboxylic acids is 1. The number of carboxylic acid groups (broad SMARTS) is 1. The van der Waals surface area contributed by atoms with Crippen LogP contribution in [-0.4, -0.2) is 35.5 Å². The lowest BCUT2D eigenvalue weighted by Crippen LogP contribution is -2.48. The second kappa shape index (κ2) is 11.6. The van der Waals surface area contributed by atoms with E-state index in [-0.39, 0.29) is 18.1 Å². The summed E-state index contributed by atoms with van der Waals surface area (Å²) < 4.78 is 5.09. The number of carboxylic acids is 1. The van der Waals surface area contributed by atoms with E-state index in [1.807, 2.05) is 30.3 Å². The number of carbonyl (C=O) groups excluding carboxylic acids is 2. The molecule has 0 aliphatic carbocycles. The number of hydrogen-bond acceptors (Lipinski definition) is 4. The minimum absolute atomic E-state index is 0.157. The molecular formula is C21H26N2O5. The lowest BCUT2D eigenvalue weighted by Gasteiger charge is -2.18. The Morgan fingerprint density at radius 2 is 1.71 bits per heavy atom. The molecule has 0 aliphatic rings. The molecule has 0 saturated carbocycles. The van der Waals surface area contributed by atoms with Crippen molar-refractivity contribution in [2.45, 2.75) is 44.6 Å². The zero-order chi connectivity index (χ0) is 20.2. The van der Waals surface area contributed by atoms with Crippen LogP contribution in [0.2, 0.25) is 0 Å². The molecule has 0 radical (unpaired) electrons. The van der Waals surface area contributed by atoms with Gasteiger partial charge < -0.3 is 20.2 Å². The van der Waals surface area contributed by atoms with Gasteiger partial charge in [-0.3, -0.25) is 14.4 Å². The quantitative estimate of drug-likeness (QED) is 0.486. The lowest BCUT2D eigenvalue weighted by atomic mass is 10.0. The Balaban J connectivity index is 1.84. The second-order valence-corrected chi connectivity index (χ2v) is 6.54. The second-order valence-electron chi connectivity index (χ2n) is 6.54. The van der Waals surface area contributed by atoms with Gasteiger partial charge in [-0.05, 0) is 30.5 Å². The number of amides is 2. The Hall–Kier alpha value is -3.09. The average molecular weight is 386 g/mol. The summed E-state index contributed by atoms with van der Waals surface area (Å²) in [4.78, 5) is 35.4. The highest BCUT2D eigenvalue weighted by molar-refractivity contribution is 5.95. The van der Waals surface area contributed by atoms with E-state index < -0.39 is 17.9 Å². The van der Waals surface area contributed by atoms with E-state index in [0.29, 0.717) is 19.4 Å². The number of furan rings is 1. The highest BCUT2D eigenvalue weighted by Crippen LogP contribution is 2.07. The van der Waals surface area contributed by atoms with Gasteiger partial charge >= 0.3 is 5.97 Å². The minimum Gasteiger partial charge on any atom is -0.481 e. The van der Waals surface area contributed by atoms with Crippen molar-refractivity contribution >= 4 is 17.8 Å². The molecule has 1 aromatic carbocycles. The molecule has 0 bridgehead atoms. The van der Waals surface area contributed by atoms with E-state index in [1.54, 1.807) is 12.1 Å². The predicted molar refractivity (Wildman–Crippen MR) is 104 cm³/mol. The van der Waals surface area contributed by atoms with Gasteiger partial charge in [0.25, 0.3) is 5.91 Å². The van der Waals surface area contributed by atoms with Crippen molar-refractivity contribution in [1.82, 2.24) is 10.6 Å². The first-order valence-corrected chi connectivity index (χ1v) is 9.44. The standard InChI is InChI=1S/C21H26N2O5/c24-19(25)12-6-1-2-7-13-22-20(26)17(15-16-9-4-3-5-10-16)23-21(27)18-11-8-14-28-18/h3-5,8-11,14,17H,1-2,6-7,12-13,15H2,(H,22,26)(H,23,27)(H,24,25)/t17-/m1/s1. The van der Waals surface area contributed by atoms with Crippen molar-refractivity contribution in [1.29, 1.82) is 0 Å². The Morgan fingerprint density at radius 3 is 2.39 bits per heavy atom. The summed E-state index contributed by atoms with van der Waals surface area (Å²) in [5.41, 5.74) is 0.941. The van der Waals surface area contributed by atoms with Gasteiger partial charge in [-0.25, -0.2) is 0 Å². The fourth-order valence-electron chi connectivity index (χ4n) is 2.79. The summed E-state index contributed by atoms with van der Waals surface area (Å²) in [5, 5.41) is 14.2. The van der Waals surface area contributed by atoms with Crippen LogP contribution in [0.3, 0.4) is 0 Å². The van der Waals surface area contributed by atoms with E-state index in [1.165, 1.54) is 6.26 Å². The summed E-state index contributed by atoms with van der Waals surface area (Å²) in [6.07, 6.45) is 5.00. The van der Waals surface area contributed by atoms with Crippen LogP contribution in [0.5, 0.6) is 0 Å². The third kappa shape index (κ3) is 7.65. The van der Waals surface area contributed by atoms with Gasteiger partial charge in [0.1, 0.15) is 6.04 Å². The topological polar surface area (TPSA) is 109 Å². The van der Waals surface area contributed by atoms with Gasteiger partial charge in [-0.2, -0.15) is 0 Å². The van der Waals surface area contributed by atoms with Crippen LogP contribution in [0.1, 0.15) is 48.2 Å². The fourth-order valence-corrected chi connectivity index (χ4v) is 2.79. The maximum atomic E-state index is 12.6. The van der Waals surface area contributed by atoms with Crippen molar-refractivity contribution < 1.29 is 23.9 Å². The monoisotopic (exact) mass is 386 g/mol. The minimum atomic E-state index is -0.788. The van der Waals surface area contributed by atoms with Crippen LogP contribution >= 0.6 is 0 Å². The van der Waals surface area contributed by atoms with Gasteiger partial charge in [0, 0.05) is 19.4 Å². The Kier molecular flexibility index (Phi) is 8.78. The fraction of sp³-hybridized carbons (Fsp3) is 0.381. The van der Waals surface area contributed by atoms with E-state index >= 15 is 0 Å². The molecule has 7 heteroatoms. The molecule has 2 rings (SSSR count). The summed E-state index contributed by atoms with van der Waals surface area (Å²) in [5.74, 6) is -1.32. The molecule has 1 atom stereocenters. The highest BCUT2D eigenvalue weighted by atomic mass is 16.4. The molecule has 3 N–H and O–H groups in total. The van der Waals surface area contributed by atoms with Crippen LogP contribution in [0.4, 0.5) is 0 Å². The molecule has 1 aromatic heterocycles. The number of nitrogens with one attached hydrogen (secondary N) is 2. The van der Waals surface area contributed by atoms with Crippen LogP contribution in [0.15, 0.2) is 53.1 Å². The number of unbranched alkanes of at least 4 members (excludes halogenated alkanes) is 3. The SMILES string of the molecule is O=C(O)CCCCCCNC(=O)[C@@H](Cc1ccccc1)NC(=O)c1ccco1. The van der Waals surface area contributed by atoms with E-state index in [4.69, 9.17) is 9.52 Å². The predicted octanol–water partition coefficient (Wildman–Crippen LogP) is 2.77. The average Bonchev–Trinajstić information content (AvgIpc) is 3.22. The number of carbonyl (C=O) groups is 3. The molecule has 1 heterocycles. The first kappa shape index (κ1) is 21.2. The number of rotatable bonds is 12. The summed E-state index contributed by atoms with van der Waals surface area (Å²) in [6, 6.07) is 11.9. The molecule has 7 nitrogen and oxygen atoms in total. The zero-order valence-corrected chi connectivity index (χ0v) is 15.7. The molecule has 2 amide bonds. The molecule has 0 saturated heterocycles. The number of benzene rings is 1. The molecule has 28 heavy (non-hydrogen) atoms. The molecule has 150 valence electrons. The van der Waals surface area contributed by atoms with Gasteiger partial charge in [-0.1, -0.05) is 43.2 Å². The third-order valence-corrected chi connectivity index (χ3v) is 4.27. The maximum Gasteiger partial charge on any atom is 0.303 e. The molecule has 2 aromatic rings. The smallest absolute Gasteiger partial charge is 0.303 e. The van der Waals surface area contributed by atoms with E-state index in [0.717, 1.165) is 24.8 Å². The largest absolute Gasteiger partial charge is 0.481 e. The summed E-state index contributed by atoms with van der Waals surface area (Å²) >= 11 is 0. The molecule has 0 unspecified atom stereocenters. The molecule has 0 spiro atoms. The first-order valence-electron chi connectivity index (χ1n) is 9.44. The third-order valence-electron chi connectivity index (χ3n) is 4.27. The van der Waals surface area contributed by atoms with Crippen LogP contribution < -0.4 is 10.6 Å². The summed E-state index contributed by atoms with van der Waals surface area (Å²) in [6.45, 7) is 0.480. The van der Waals surface area contributed by atoms with Crippen LogP contribution in [0.25, 0.3) is 0 Å². The van der Waals surface area contributed by atoms with E-state index in [2.05, 4.69) is 10.6 Å². The van der Waals surface area contributed by atoms with Crippen LogP contribution in [-0.2, 0) is 16.0 Å². The summed E-state index contributed by atoms with van der Waals surface area (Å²) in [7, 11) is 0. The number of hydrogen-bond donors (Lipinski definition) is 3. The van der Waals surface area contributed by atoms with Gasteiger partial charge in [0.15, 0.2) is 5.76 Å². The van der Waals surface area contributed by atoms with Crippen molar-refractivity contribution in [3.8, 4) is 0 Å². The normalized spacial score (nSPS) is 11.6. The van der Waals surface area contributed by atoms with Gasteiger partial charge in [0.05, 0.1) is 6.26 Å². The maximum absolute atomic E-state index is 12.6. The molecular weight excluding hydrogens is 360 g/mol. The van der Waals surface area contributed by atoms with Gasteiger partial charge in [0.2, 0.25) is 5.91 Å².